The average Bonchev–Trinajstić information content (AvgIpc) is 2.40. The fraction of sp³-hybridized carbons (Fsp3) is 0.769. The summed E-state index contributed by atoms with van der Waals surface area (Å²) in [6.07, 6.45) is 4.09. The summed E-state index contributed by atoms with van der Waals surface area (Å²) < 4.78 is 16.2. The number of esters is 1. The summed E-state index contributed by atoms with van der Waals surface area (Å²) in [7, 11) is -0.428. The van der Waals surface area contributed by atoms with Crippen LogP contribution in [-0.2, 0) is 19.0 Å². The highest BCUT2D eigenvalue weighted by molar-refractivity contribution is 6.36. The minimum Gasteiger partial charge on any atom is -0.463 e. The Bertz CT molecular complexity index is 213. The molecule has 0 aliphatic rings. The third-order valence-corrected chi connectivity index (χ3v) is 4.11. The Labute approximate surface area is 113 Å². The van der Waals surface area contributed by atoms with Crippen molar-refractivity contribution < 1.29 is 19.0 Å². The zero-order valence-electron chi connectivity index (χ0n) is 11.7. The van der Waals surface area contributed by atoms with Gasteiger partial charge in [0, 0.05) is 19.3 Å². The van der Waals surface area contributed by atoms with Gasteiger partial charge in [-0.25, -0.2) is 4.79 Å². The Morgan fingerprint density at radius 2 is 1.83 bits per heavy atom. The van der Waals surface area contributed by atoms with Crippen LogP contribution in [0.1, 0.15) is 33.1 Å². The maximum absolute atomic E-state index is 10.8. The lowest BCUT2D eigenvalue weighted by Crippen LogP contribution is -2.25. The van der Waals surface area contributed by atoms with E-state index in [0.717, 1.165) is 38.5 Å². The highest BCUT2D eigenvalue weighted by Crippen LogP contribution is 2.01. The first-order valence-electron chi connectivity index (χ1n) is 6.77. The molecule has 0 saturated heterocycles. The van der Waals surface area contributed by atoms with E-state index in [1.807, 2.05) is 0 Å². The molecule has 0 amide bonds. The van der Waals surface area contributed by atoms with Gasteiger partial charge in [0.2, 0.25) is 0 Å². The molecule has 0 aromatic heterocycles. The van der Waals surface area contributed by atoms with Gasteiger partial charge in [0.15, 0.2) is 0 Å². The van der Waals surface area contributed by atoms with Crippen molar-refractivity contribution in [3.63, 3.8) is 0 Å². The van der Waals surface area contributed by atoms with Crippen molar-refractivity contribution in [1.82, 2.24) is 0 Å². The summed E-state index contributed by atoms with van der Waals surface area (Å²) in [6, 6.07) is 1.06. The molecular formula is C13H26O4Si. The van der Waals surface area contributed by atoms with Gasteiger partial charge in [-0.2, -0.15) is 0 Å². The monoisotopic (exact) mass is 274 g/mol. The maximum Gasteiger partial charge on any atom is 0.330 e. The molecule has 0 spiro atoms. The number of hydrogen-bond acceptors (Lipinski definition) is 4. The predicted octanol–water partition coefficient (Wildman–Crippen LogP) is 1.83. The molecule has 0 saturated carbocycles. The first-order chi connectivity index (χ1) is 8.74. The summed E-state index contributed by atoms with van der Waals surface area (Å²) in [5, 5.41) is 0. The Morgan fingerprint density at radius 1 is 1.22 bits per heavy atom. The van der Waals surface area contributed by atoms with E-state index in [0.29, 0.717) is 6.61 Å². The lowest BCUT2D eigenvalue weighted by molar-refractivity contribution is -0.137. The normalized spacial score (nSPS) is 11.3. The van der Waals surface area contributed by atoms with Crippen molar-refractivity contribution in [2.75, 3.05) is 19.8 Å². The molecule has 0 unspecified atom stereocenters. The van der Waals surface area contributed by atoms with E-state index >= 15 is 0 Å². The molecule has 0 aromatic carbocycles. The van der Waals surface area contributed by atoms with E-state index in [2.05, 4.69) is 20.4 Å². The minimum atomic E-state index is -0.428. The van der Waals surface area contributed by atoms with Crippen molar-refractivity contribution in [2.24, 2.45) is 0 Å². The highest BCUT2D eigenvalue weighted by atomic mass is 28.2. The zero-order valence-corrected chi connectivity index (χ0v) is 13.1. The molecule has 0 atom stereocenters. The molecule has 18 heavy (non-hydrogen) atoms. The van der Waals surface area contributed by atoms with Crippen molar-refractivity contribution >= 4 is 15.5 Å². The molecule has 0 aliphatic carbocycles. The van der Waals surface area contributed by atoms with Gasteiger partial charge in [-0.15, -0.1) is 0 Å². The van der Waals surface area contributed by atoms with Crippen LogP contribution in [0.15, 0.2) is 12.7 Å². The third-order valence-electron chi connectivity index (χ3n) is 2.26. The highest BCUT2D eigenvalue weighted by Gasteiger charge is 2.09. The van der Waals surface area contributed by atoms with Gasteiger partial charge in [0.1, 0.15) is 5.91 Å². The second-order valence-electron chi connectivity index (χ2n) is 4.04. The molecule has 0 aromatic rings. The number of rotatable bonds is 12. The zero-order chi connectivity index (χ0) is 13.6. The van der Waals surface area contributed by atoms with Crippen LogP contribution in [0.5, 0.6) is 0 Å². The third kappa shape index (κ3) is 10.5. The molecule has 0 bridgehead atoms. The molecule has 0 rings (SSSR count). The first kappa shape index (κ1) is 17.3. The fourth-order valence-electron chi connectivity index (χ4n) is 1.36. The van der Waals surface area contributed by atoms with E-state index in [1.165, 1.54) is 6.08 Å². The van der Waals surface area contributed by atoms with Crippen LogP contribution in [0.4, 0.5) is 0 Å². The second kappa shape index (κ2) is 12.8. The van der Waals surface area contributed by atoms with Crippen LogP contribution in [-0.4, -0.2) is 41.2 Å². The van der Waals surface area contributed by atoms with E-state index in [1.54, 1.807) is 0 Å². The molecule has 106 valence electrons. The smallest absolute Gasteiger partial charge is 0.330 e. The predicted molar refractivity (Wildman–Crippen MR) is 75.4 cm³/mol. The van der Waals surface area contributed by atoms with Crippen LogP contribution < -0.4 is 0 Å². The molecule has 0 heterocycles. The van der Waals surface area contributed by atoms with Crippen LogP contribution in [0.25, 0.3) is 0 Å². The van der Waals surface area contributed by atoms with Gasteiger partial charge < -0.3 is 14.2 Å². The van der Waals surface area contributed by atoms with Gasteiger partial charge in [-0.1, -0.05) is 26.5 Å². The van der Waals surface area contributed by atoms with Gasteiger partial charge in [-0.05, 0) is 19.3 Å². The molecule has 0 radical (unpaired) electrons. The van der Waals surface area contributed by atoms with Crippen LogP contribution >= 0.6 is 0 Å². The minimum absolute atomic E-state index is 0.0139. The number of ether oxygens (including phenoxy) is 3. The van der Waals surface area contributed by atoms with E-state index in [4.69, 9.17) is 14.2 Å². The molecule has 0 fully saturated rings. The lowest BCUT2D eigenvalue weighted by atomic mass is 10.5. The Hall–Kier alpha value is -0.653. The van der Waals surface area contributed by atoms with Crippen LogP contribution in [0.3, 0.4) is 0 Å². The van der Waals surface area contributed by atoms with Crippen LogP contribution in [0.2, 0.25) is 6.04 Å². The van der Waals surface area contributed by atoms with E-state index in [9.17, 15) is 4.79 Å². The number of carbonyl (C=O) groups is 1. The van der Waals surface area contributed by atoms with Gasteiger partial charge in [0.05, 0.1) is 16.1 Å². The van der Waals surface area contributed by atoms with Gasteiger partial charge >= 0.3 is 5.97 Å². The fourth-order valence-corrected chi connectivity index (χ4v) is 2.85. The number of hydrogen-bond donors (Lipinski definition) is 0. The Balaban J connectivity index is 3.60. The molecule has 4 nitrogen and oxygen atoms in total. The Kier molecular flexibility index (Phi) is 12.3. The summed E-state index contributed by atoms with van der Waals surface area (Å²) in [5.74, 6) is -0.335. The van der Waals surface area contributed by atoms with Crippen molar-refractivity contribution in [3.05, 3.63) is 12.7 Å². The average molecular weight is 274 g/mol. The topological polar surface area (TPSA) is 44.8 Å². The van der Waals surface area contributed by atoms with Crippen LogP contribution in [0, 0.1) is 0 Å². The molecule has 0 N–H and O–H groups in total. The SMILES string of the molecule is C=CC(=O)OCCC[SiH2]C(OCCC)OCCC. The number of carbonyl (C=O) groups excluding carboxylic acids is 1. The summed E-state index contributed by atoms with van der Waals surface area (Å²) in [6.45, 7) is 9.51. The van der Waals surface area contributed by atoms with Crippen molar-refractivity contribution in [1.29, 1.82) is 0 Å². The Morgan fingerprint density at radius 3 is 2.33 bits per heavy atom. The largest absolute Gasteiger partial charge is 0.463 e. The summed E-state index contributed by atoms with van der Waals surface area (Å²) in [4.78, 5) is 10.8. The first-order valence-corrected chi connectivity index (χ1v) is 8.58. The molecule has 5 heteroatoms. The van der Waals surface area contributed by atoms with Gasteiger partial charge in [-0.3, -0.25) is 0 Å². The molecular weight excluding hydrogens is 248 g/mol. The summed E-state index contributed by atoms with van der Waals surface area (Å²) in [5.41, 5.74) is 0. The van der Waals surface area contributed by atoms with Gasteiger partial charge in [0.25, 0.3) is 0 Å². The van der Waals surface area contributed by atoms with Crippen molar-refractivity contribution in [2.45, 2.75) is 45.1 Å². The van der Waals surface area contributed by atoms with Crippen molar-refractivity contribution in [3.8, 4) is 0 Å². The maximum atomic E-state index is 10.8. The van der Waals surface area contributed by atoms with E-state index in [-0.39, 0.29) is 11.9 Å². The summed E-state index contributed by atoms with van der Waals surface area (Å²) >= 11 is 0. The quantitative estimate of drug-likeness (QED) is 0.179. The lowest BCUT2D eigenvalue weighted by Gasteiger charge is -2.17. The standard InChI is InChI=1S/C13H26O4Si/c1-4-8-16-13(17-9-5-2)18-11-7-10-15-12(14)6-3/h6,13H,3-5,7-11,18H2,1-2H3. The second-order valence-corrected chi connectivity index (χ2v) is 5.99. The molecule has 0 aliphatic heterocycles. The van der Waals surface area contributed by atoms with E-state index < -0.39 is 9.52 Å².